The van der Waals surface area contributed by atoms with E-state index in [9.17, 15) is 9.59 Å². The first-order valence-corrected chi connectivity index (χ1v) is 6.98. The van der Waals surface area contributed by atoms with E-state index in [0.29, 0.717) is 29.3 Å². The molecule has 0 saturated carbocycles. The fourth-order valence-corrected chi connectivity index (χ4v) is 2.42. The molecule has 1 aromatic heterocycles. The van der Waals surface area contributed by atoms with E-state index in [-0.39, 0.29) is 12.5 Å². The lowest BCUT2D eigenvalue weighted by Gasteiger charge is -2.06. The second-order valence-electron chi connectivity index (χ2n) is 4.75. The Morgan fingerprint density at radius 2 is 2.00 bits per heavy atom. The van der Waals surface area contributed by atoms with Crippen molar-refractivity contribution in [3.05, 3.63) is 23.9 Å². The van der Waals surface area contributed by atoms with Gasteiger partial charge in [-0.15, -0.1) is 0 Å². The van der Waals surface area contributed by atoms with Gasteiger partial charge in [0.15, 0.2) is 6.61 Å². The van der Waals surface area contributed by atoms with Gasteiger partial charge in [0.25, 0.3) is 0 Å². The zero-order valence-corrected chi connectivity index (χ0v) is 13.1. The van der Waals surface area contributed by atoms with Crippen molar-refractivity contribution in [3.8, 4) is 11.5 Å². The molecular weight excluding hydrogens is 286 g/mol. The van der Waals surface area contributed by atoms with E-state index in [1.807, 2.05) is 0 Å². The molecule has 0 atom stereocenters. The minimum atomic E-state index is -0.450. The SMILES string of the molecule is CCOC(=O)COc1c(C)n(C(C)=O)c2ccc(OC)cc12. The number of benzene rings is 1. The van der Waals surface area contributed by atoms with Gasteiger partial charge in [-0.1, -0.05) is 0 Å². The Hall–Kier alpha value is -2.50. The van der Waals surface area contributed by atoms with Crippen LogP contribution in [0.15, 0.2) is 18.2 Å². The van der Waals surface area contributed by atoms with Gasteiger partial charge in [0, 0.05) is 12.3 Å². The summed E-state index contributed by atoms with van der Waals surface area (Å²) in [6, 6.07) is 5.35. The number of rotatable bonds is 5. The Morgan fingerprint density at radius 3 is 2.59 bits per heavy atom. The fraction of sp³-hybridized carbons (Fsp3) is 0.375. The Labute approximate surface area is 128 Å². The highest BCUT2D eigenvalue weighted by Gasteiger charge is 2.19. The third kappa shape index (κ3) is 2.90. The number of methoxy groups -OCH3 is 1. The first kappa shape index (κ1) is 15.9. The molecule has 0 spiro atoms. The van der Waals surface area contributed by atoms with Crippen LogP contribution in [0, 0.1) is 6.92 Å². The lowest BCUT2D eigenvalue weighted by Crippen LogP contribution is -2.15. The summed E-state index contributed by atoms with van der Waals surface area (Å²) in [5, 5.41) is 0.719. The summed E-state index contributed by atoms with van der Waals surface area (Å²) in [4.78, 5) is 23.4. The number of ether oxygens (including phenoxy) is 3. The van der Waals surface area contributed by atoms with Gasteiger partial charge in [0.1, 0.15) is 11.5 Å². The standard InChI is InChI=1S/C16H19NO5/c1-5-21-15(19)9-22-16-10(2)17(11(3)18)14-7-6-12(20-4)8-13(14)16/h6-8H,5,9H2,1-4H3. The number of hydrogen-bond donors (Lipinski definition) is 0. The van der Waals surface area contributed by atoms with E-state index in [4.69, 9.17) is 14.2 Å². The van der Waals surface area contributed by atoms with Crippen LogP contribution in [0.3, 0.4) is 0 Å². The van der Waals surface area contributed by atoms with Crippen LogP contribution in [0.5, 0.6) is 11.5 Å². The molecular formula is C16H19NO5. The third-order valence-electron chi connectivity index (χ3n) is 3.31. The molecule has 22 heavy (non-hydrogen) atoms. The molecule has 0 aliphatic heterocycles. The molecule has 0 radical (unpaired) electrons. The molecule has 6 heteroatoms. The van der Waals surface area contributed by atoms with Crippen LogP contribution in [0.4, 0.5) is 0 Å². The first-order valence-electron chi connectivity index (χ1n) is 6.98. The van der Waals surface area contributed by atoms with Gasteiger partial charge in [0.2, 0.25) is 5.91 Å². The number of carbonyl (C=O) groups excluding carboxylic acids is 2. The lowest BCUT2D eigenvalue weighted by molar-refractivity contribution is -0.145. The highest BCUT2D eigenvalue weighted by Crippen LogP contribution is 2.35. The van der Waals surface area contributed by atoms with Crippen molar-refractivity contribution in [1.82, 2.24) is 4.57 Å². The minimum Gasteiger partial charge on any atom is -0.497 e. The average molecular weight is 305 g/mol. The normalized spacial score (nSPS) is 10.5. The summed E-state index contributed by atoms with van der Waals surface area (Å²) in [7, 11) is 1.56. The molecule has 6 nitrogen and oxygen atoms in total. The van der Waals surface area contributed by atoms with E-state index >= 15 is 0 Å². The fourth-order valence-electron chi connectivity index (χ4n) is 2.42. The van der Waals surface area contributed by atoms with Crippen molar-refractivity contribution < 1.29 is 23.8 Å². The zero-order valence-electron chi connectivity index (χ0n) is 13.1. The smallest absolute Gasteiger partial charge is 0.344 e. The van der Waals surface area contributed by atoms with Crippen LogP contribution < -0.4 is 9.47 Å². The number of carbonyl (C=O) groups is 2. The van der Waals surface area contributed by atoms with Crippen LogP contribution >= 0.6 is 0 Å². The Bertz CT molecular complexity index is 717. The largest absolute Gasteiger partial charge is 0.497 e. The van der Waals surface area contributed by atoms with Crippen molar-refractivity contribution in [3.63, 3.8) is 0 Å². The molecule has 2 aromatic rings. The predicted molar refractivity (Wildman–Crippen MR) is 81.7 cm³/mol. The number of nitrogens with zero attached hydrogens (tertiary/aromatic N) is 1. The first-order chi connectivity index (χ1) is 10.5. The summed E-state index contributed by atoms with van der Waals surface area (Å²) in [5.74, 6) is 0.554. The van der Waals surface area contributed by atoms with Gasteiger partial charge in [-0.2, -0.15) is 0 Å². The summed E-state index contributed by atoms with van der Waals surface area (Å²) >= 11 is 0. The molecule has 0 aliphatic rings. The predicted octanol–water partition coefficient (Wildman–Crippen LogP) is 2.56. The van der Waals surface area contributed by atoms with E-state index in [1.54, 1.807) is 43.7 Å². The molecule has 1 heterocycles. The van der Waals surface area contributed by atoms with Crippen LogP contribution in [-0.4, -0.2) is 36.8 Å². The molecule has 0 bridgehead atoms. The van der Waals surface area contributed by atoms with Gasteiger partial charge < -0.3 is 14.2 Å². The molecule has 0 amide bonds. The summed E-state index contributed by atoms with van der Waals surface area (Å²) in [5.41, 5.74) is 1.35. The lowest BCUT2D eigenvalue weighted by atomic mass is 10.2. The third-order valence-corrected chi connectivity index (χ3v) is 3.31. The Balaban J connectivity index is 2.48. The molecule has 0 unspecified atom stereocenters. The molecule has 0 fully saturated rings. The van der Waals surface area contributed by atoms with E-state index in [0.717, 1.165) is 5.39 Å². The number of fused-ring (bicyclic) bond motifs is 1. The number of esters is 1. The van der Waals surface area contributed by atoms with Crippen molar-refractivity contribution in [2.24, 2.45) is 0 Å². The summed E-state index contributed by atoms with van der Waals surface area (Å²) < 4.78 is 17.2. The maximum atomic E-state index is 11.9. The van der Waals surface area contributed by atoms with E-state index in [2.05, 4.69) is 0 Å². The Kier molecular flexibility index (Phi) is 4.70. The van der Waals surface area contributed by atoms with Crippen LogP contribution in [0.2, 0.25) is 0 Å². The van der Waals surface area contributed by atoms with Crippen LogP contribution in [0.25, 0.3) is 10.9 Å². The topological polar surface area (TPSA) is 66.8 Å². The van der Waals surface area contributed by atoms with Crippen LogP contribution in [0.1, 0.15) is 24.3 Å². The van der Waals surface area contributed by atoms with Crippen molar-refractivity contribution in [1.29, 1.82) is 0 Å². The zero-order chi connectivity index (χ0) is 16.3. The van der Waals surface area contributed by atoms with Gasteiger partial charge in [-0.05, 0) is 32.0 Å². The average Bonchev–Trinajstić information content (AvgIpc) is 2.76. The van der Waals surface area contributed by atoms with Gasteiger partial charge >= 0.3 is 5.97 Å². The highest BCUT2D eigenvalue weighted by atomic mass is 16.6. The second-order valence-corrected chi connectivity index (χ2v) is 4.75. The van der Waals surface area contributed by atoms with Crippen molar-refractivity contribution in [2.45, 2.75) is 20.8 Å². The van der Waals surface area contributed by atoms with Crippen molar-refractivity contribution in [2.75, 3.05) is 20.3 Å². The summed E-state index contributed by atoms with van der Waals surface area (Å²) in [6.45, 7) is 5.07. The molecule has 2 rings (SSSR count). The number of aromatic nitrogens is 1. The minimum absolute atomic E-state index is 0.126. The molecule has 118 valence electrons. The van der Waals surface area contributed by atoms with Crippen LogP contribution in [-0.2, 0) is 9.53 Å². The molecule has 0 N–H and O–H groups in total. The quantitative estimate of drug-likeness (QED) is 0.794. The highest BCUT2D eigenvalue weighted by molar-refractivity contribution is 5.98. The van der Waals surface area contributed by atoms with Crippen molar-refractivity contribution >= 4 is 22.8 Å². The maximum absolute atomic E-state index is 11.9. The number of hydrogen-bond acceptors (Lipinski definition) is 5. The molecule has 0 saturated heterocycles. The van der Waals surface area contributed by atoms with Gasteiger partial charge in [-0.3, -0.25) is 9.36 Å². The monoisotopic (exact) mass is 305 g/mol. The van der Waals surface area contributed by atoms with Gasteiger partial charge in [-0.25, -0.2) is 4.79 Å². The maximum Gasteiger partial charge on any atom is 0.344 e. The van der Waals surface area contributed by atoms with E-state index in [1.165, 1.54) is 6.92 Å². The Morgan fingerprint density at radius 1 is 1.27 bits per heavy atom. The van der Waals surface area contributed by atoms with Gasteiger partial charge in [0.05, 0.1) is 24.9 Å². The summed E-state index contributed by atoms with van der Waals surface area (Å²) in [6.07, 6.45) is 0. The van der Waals surface area contributed by atoms with E-state index < -0.39 is 5.97 Å². The molecule has 1 aromatic carbocycles. The molecule has 0 aliphatic carbocycles. The second kappa shape index (κ2) is 6.51.